The van der Waals surface area contributed by atoms with E-state index in [0.29, 0.717) is 17.0 Å². The first-order chi connectivity index (χ1) is 4.34. The summed E-state index contributed by atoms with van der Waals surface area (Å²) in [5.41, 5.74) is 0. The Morgan fingerprint density at radius 1 is 1.89 bits per heavy atom. The van der Waals surface area contributed by atoms with Crippen LogP contribution in [0.25, 0.3) is 0 Å². The van der Waals surface area contributed by atoms with Crippen LogP contribution in [0, 0.1) is 4.64 Å². The predicted molar refractivity (Wildman–Crippen MR) is 35.1 cm³/mol. The molecule has 0 aliphatic heterocycles. The van der Waals surface area contributed by atoms with Crippen LogP contribution >= 0.6 is 12.2 Å². The standard InChI is InChI=1S/C5H7NO2S/c1-2-7-4-3-8-6-5(4)9/h3H,2H2,1H3,(H,6,9). The number of H-pyrrole nitrogens is 1. The first kappa shape index (κ1) is 6.35. The van der Waals surface area contributed by atoms with Crippen LogP contribution in [0.4, 0.5) is 0 Å². The molecule has 0 radical (unpaired) electrons. The topological polar surface area (TPSA) is 38.2 Å². The molecule has 0 bridgehead atoms. The summed E-state index contributed by atoms with van der Waals surface area (Å²) in [5, 5.41) is 2.47. The molecule has 0 amide bonds. The Morgan fingerprint density at radius 3 is 3.11 bits per heavy atom. The van der Waals surface area contributed by atoms with Gasteiger partial charge in [-0.15, -0.1) is 0 Å². The van der Waals surface area contributed by atoms with E-state index in [1.807, 2.05) is 6.92 Å². The van der Waals surface area contributed by atoms with E-state index in [1.54, 1.807) is 0 Å². The summed E-state index contributed by atoms with van der Waals surface area (Å²) in [6.45, 7) is 2.50. The van der Waals surface area contributed by atoms with Crippen LogP contribution in [0.2, 0.25) is 0 Å². The van der Waals surface area contributed by atoms with Crippen molar-refractivity contribution in [1.29, 1.82) is 0 Å². The Hall–Kier alpha value is -0.770. The highest BCUT2D eigenvalue weighted by molar-refractivity contribution is 7.71. The van der Waals surface area contributed by atoms with Crippen LogP contribution in [0.1, 0.15) is 6.92 Å². The monoisotopic (exact) mass is 145 g/mol. The molecule has 1 N–H and O–H groups in total. The molecular formula is C5H7NO2S. The average Bonchev–Trinajstić information content (AvgIpc) is 2.18. The van der Waals surface area contributed by atoms with Crippen molar-refractivity contribution in [3.8, 4) is 5.75 Å². The fraction of sp³-hybridized carbons (Fsp3) is 0.400. The van der Waals surface area contributed by atoms with Gasteiger partial charge in [0.1, 0.15) is 0 Å². The number of aromatic nitrogens is 1. The van der Waals surface area contributed by atoms with Crippen molar-refractivity contribution in [3.63, 3.8) is 0 Å². The molecule has 0 spiro atoms. The molecule has 0 aliphatic carbocycles. The van der Waals surface area contributed by atoms with Gasteiger partial charge in [-0.3, -0.25) is 0 Å². The smallest absolute Gasteiger partial charge is 0.194 e. The molecule has 0 fully saturated rings. The van der Waals surface area contributed by atoms with Crippen molar-refractivity contribution in [2.24, 2.45) is 0 Å². The second-order valence-corrected chi connectivity index (χ2v) is 1.87. The Balaban J connectivity index is 2.81. The summed E-state index contributed by atoms with van der Waals surface area (Å²) >= 11 is 4.78. The van der Waals surface area contributed by atoms with Crippen LogP contribution in [0.5, 0.6) is 5.75 Å². The van der Waals surface area contributed by atoms with Gasteiger partial charge in [-0.2, -0.15) is 0 Å². The molecule has 1 aromatic heterocycles. The molecule has 50 valence electrons. The van der Waals surface area contributed by atoms with Crippen molar-refractivity contribution in [1.82, 2.24) is 5.16 Å². The van der Waals surface area contributed by atoms with Crippen LogP contribution in [-0.4, -0.2) is 11.8 Å². The summed E-state index contributed by atoms with van der Waals surface area (Å²) in [4.78, 5) is 0. The number of hydrogen-bond donors (Lipinski definition) is 1. The fourth-order valence-electron chi connectivity index (χ4n) is 0.495. The molecule has 0 unspecified atom stereocenters. The lowest BCUT2D eigenvalue weighted by Gasteiger charge is -1.92. The molecule has 4 heteroatoms. The average molecular weight is 145 g/mol. The zero-order valence-electron chi connectivity index (χ0n) is 5.01. The second-order valence-electron chi connectivity index (χ2n) is 1.46. The maximum Gasteiger partial charge on any atom is 0.194 e. The Bertz CT molecular complexity index is 227. The molecule has 1 aromatic rings. The Morgan fingerprint density at radius 2 is 2.67 bits per heavy atom. The summed E-state index contributed by atoms with van der Waals surface area (Å²) in [6.07, 6.45) is 1.45. The van der Waals surface area contributed by atoms with Crippen molar-refractivity contribution in [2.45, 2.75) is 6.92 Å². The summed E-state index contributed by atoms with van der Waals surface area (Å²) < 4.78 is 10.2. The summed E-state index contributed by atoms with van der Waals surface area (Å²) in [7, 11) is 0. The van der Waals surface area contributed by atoms with Crippen LogP contribution in [0.3, 0.4) is 0 Å². The maximum absolute atomic E-state index is 5.05. The summed E-state index contributed by atoms with van der Waals surface area (Å²) in [5.74, 6) is 0.604. The molecule has 1 rings (SSSR count). The van der Waals surface area contributed by atoms with Crippen molar-refractivity contribution in [3.05, 3.63) is 10.9 Å². The Kier molecular flexibility index (Phi) is 1.89. The molecule has 0 aliphatic rings. The highest BCUT2D eigenvalue weighted by atomic mass is 32.1. The minimum atomic E-state index is 0.511. The fourth-order valence-corrected chi connectivity index (χ4v) is 0.651. The first-order valence-corrected chi connectivity index (χ1v) is 3.04. The zero-order valence-corrected chi connectivity index (χ0v) is 5.83. The highest BCUT2D eigenvalue weighted by Crippen LogP contribution is 2.09. The SMILES string of the molecule is CCOc1co[nH]c1=S. The van der Waals surface area contributed by atoms with Gasteiger partial charge in [0.2, 0.25) is 0 Å². The molecule has 1 heterocycles. The number of nitrogens with one attached hydrogen (secondary N) is 1. The molecule has 0 saturated carbocycles. The van der Waals surface area contributed by atoms with Gasteiger partial charge in [0, 0.05) is 0 Å². The predicted octanol–water partition coefficient (Wildman–Crippen LogP) is 1.74. The van der Waals surface area contributed by atoms with Gasteiger partial charge in [-0.25, -0.2) is 5.16 Å². The lowest BCUT2D eigenvalue weighted by molar-refractivity contribution is 0.333. The van der Waals surface area contributed by atoms with Gasteiger partial charge in [-0.05, 0) is 6.92 Å². The number of aromatic amines is 1. The minimum Gasteiger partial charge on any atom is -0.488 e. The molecule has 9 heavy (non-hydrogen) atoms. The minimum absolute atomic E-state index is 0.511. The van der Waals surface area contributed by atoms with E-state index in [0.717, 1.165) is 0 Å². The lowest BCUT2D eigenvalue weighted by Crippen LogP contribution is -1.88. The molecule has 0 saturated heterocycles. The normalized spacial score (nSPS) is 9.44. The van der Waals surface area contributed by atoms with Crippen LogP contribution in [-0.2, 0) is 0 Å². The van der Waals surface area contributed by atoms with E-state index >= 15 is 0 Å². The van der Waals surface area contributed by atoms with E-state index in [-0.39, 0.29) is 0 Å². The van der Waals surface area contributed by atoms with E-state index in [9.17, 15) is 0 Å². The van der Waals surface area contributed by atoms with E-state index in [2.05, 4.69) is 9.68 Å². The van der Waals surface area contributed by atoms with E-state index in [4.69, 9.17) is 17.0 Å². The highest BCUT2D eigenvalue weighted by Gasteiger charge is 1.94. The van der Waals surface area contributed by atoms with Gasteiger partial charge < -0.3 is 9.26 Å². The molecule has 3 nitrogen and oxygen atoms in total. The van der Waals surface area contributed by atoms with Crippen LogP contribution in [0.15, 0.2) is 10.8 Å². The number of hydrogen-bond acceptors (Lipinski definition) is 3. The van der Waals surface area contributed by atoms with Gasteiger partial charge >= 0.3 is 0 Å². The summed E-state index contributed by atoms with van der Waals surface area (Å²) in [6, 6.07) is 0. The van der Waals surface area contributed by atoms with Crippen molar-refractivity contribution in [2.75, 3.05) is 6.61 Å². The zero-order chi connectivity index (χ0) is 6.69. The van der Waals surface area contributed by atoms with Gasteiger partial charge in [0.15, 0.2) is 16.7 Å². The molecule has 0 atom stereocenters. The van der Waals surface area contributed by atoms with Gasteiger partial charge in [-0.1, -0.05) is 12.2 Å². The third-order valence-electron chi connectivity index (χ3n) is 0.841. The number of ether oxygens (including phenoxy) is 1. The van der Waals surface area contributed by atoms with Gasteiger partial charge in [0.05, 0.1) is 6.61 Å². The lowest BCUT2D eigenvalue weighted by atomic mass is 10.6. The Labute approximate surface area is 57.6 Å². The third kappa shape index (κ3) is 1.32. The maximum atomic E-state index is 5.05. The largest absolute Gasteiger partial charge is 0.488 e. The third-order valence-corrected chi connectivity index (χ3v) is 1.13. The van der Waals surface area contributed by atoms with E-state index in [1.165, 1.54) is 6.26 Å². The van der Waals surface area contributed by atoms with Crippen LogP contribution < -0.4 is 4.74 Å². The number of rotatable bonds is 2. The first-order valence-electron chi connectivity index (χ1n) is 2.63. The quantitative estimate of drug-likeness (QED) is 0.644. The molecule has 0 aromatic carbocycles. The van der Waals surface area contributed by atoms with Crippen molar-refractivity contribution >= 4 is 12.2 Å². The van der Waals surface area contributed by atoms with Crippen molar-refractivity contribution < 1.29 is 9.26 Å². The van der Waals surface area contributed by atoms with E-state index < -0.39 is 0 Å². The second kappa shape index (κ2) is 2.68. The molecular weight excluding hydrogens is 138 g/mol. The van der Waals surface area contributed by atoms with Gasteiger partial charge in [0.25, 0.3) is 0 Å².